The van der Waals surface area contributed by atoms with Crippen molar-refractivity contribution in [3.8, 4) is 0 Å². The molecule has 0 saturated heterocycles. The Balaban J connectivity index is 2.06. The van der Waals surface area contributed by atoms with Crippen LogP contribution in [0, 0.1) is 13.8 Å². The molecule has 0 spiro atoms. The Morgan fingerprint density at radius 2 is 2.20 bits per heavy atom. The number of ketones is 1. The van der Waals surface area contributed by atoms with Gasteiger partial charge in [0, 0.05) is 30.0 Å². The largest absolute Gasteiger partial charge is 0.351 e. The molecule has 1 heterocycles. The Morgan fingerprint density at radius 3 is 2.67 bits per heavy atom. The van der Waals surface area contributed by atoms with E-state index in [2.05, 4.69) is 9.88 Å². The second-order valence-corrected chi connectivity index (χ2v) is 4.42. The number of nitrogens with one attached hydrogen (secondary N) is 1. The minimum absolute atomic E-state index is 0.211. The molecule has 1 aromatic rings. The number of Topliss-reactive ketones (excluding diaryl/α,β-unsaturated/α-hetero) is 1. The van der Waals surface area contributed by atoms with Crippen molar-refractivity contribution >= 4 is 5.78 Å². The van der Waals surface area contributed by atoms with Crippen LogP contribution in [-0.2, 0) is 7.05 Å². The number of hydrogen-bond acceptors (Lipinski definition) is 2. The first-order chi connectivity index (χ1) is 7.09. The van der Waals surface area contributed by atoms with Crippen LogP contribution in [0.15, 0.2) is 6.07 Å². The maximum Gasteiger partial charge on any atom is 0.178 e. The van der Waals surface area contributed by atoms with Crippen molar-refractivity contribution in [2.24, 2.45) is 7.05 Å². The molecule has 0 amide bonds. The van der Waals surface area contributed by atoms with Gasteiger partial charge in [-0.3, -0.25) is 4.79 Å². The number of aryl methyl sites for hydroxylation is 1. The van der Waals surface area contributed by atoms with Gasteiger partial charge in [0.25, 0.3) is 0 Å². The lowest BCUT2D eigenvalue weighted by Gasteiger charge is -2.03. The third-order valence-corrected chi connectivity index (χ3v) is 3.20. The number of aromatic nitrogens is 1. The van der Waals surface area contributed by atoms with Crippen molar-refractivity contribution in [3.05, 3.63) is 23.0 Å². The van der Waals surface area contributed by atoms with Gasteiger partial charge in [0.05, 0.1) is 6.54 Å². The second kappa shape index (κ2) is 3.81. The van der Waals surface area contributed by atoms with Crippen molar-refractivity contribution in [2.45, 2.75) is 32.7 Å². The van der Waals surface area contributed by atoms with Crippen LogP contribution in [0.3, 0.4) is 0 Å². The maximum atomic E-state index is 11.9. The summed E-state index contributed by atoms with van der Waals surface area (Å²) in [5.74, 6) is 0.211. The predicted octanol–water partition coefficient (Wildman–Crippen LogP) is 1.58. The van der Waals surface area contributed by atoms with Crippen LogP contribution in [-0.4, -0.2) is 22.9 Å². The van der Waals surface area contributed by atoms with Gasteiger partial charge in [0.15, 0.2) is 5.78 Å². The van der Waals surface area contributed by atoms with Crippen molar-refractivity contribution in [3.63, 3.8) is 0 Å². The Kier molecular flexibility index (Phi) is 2.65. The first-order valence-corrected chi connectivity index (χ1v) is 5.49. The normalized spacial score (nSPS) is 15.7. The van der Waals surface area contributed by atoms with E-state index in [0.29, 0.717) is 12.6 Å². The molecule has 1 N–H and O–H groups in total. The smallest absolute Gasteiger partial charge is 0.178 e. The fourth-order valence-corrected chi connectivity index (χ4v) is 1.76. The van der Waals surface area contributed by atoms with Crippen molar-refractivity contribution in [1.82, 2.24) is 9.88 Å². The maximum absolute atomic E-state index is 11.9. The molecule has 3 heteroatoms. The van der Waals surface area contributed by atoms with Crippen LogP contribution in [0.25, 0.3) is 0 Å². The van der Waals surface area contributed by atoms with Gasteiger partial charge in [-0.15, -0.1) is 0 Å². The molecule has 1 aliphatic carbocycles. The van der Waals surface area contributed by atoms with E-state index >= 15 is 0 Å². The van der Waals surface area contributed by atoms with Gasteiger partial charge in [-0.2, -0.15) is 0 Å². The highest BCUT2D eigenvalue weighted by Crippen LogP contribution is 2.19. The number of carbonyl (C=O) groups excluding carboxylic acids is 1. The number of hydrogen-bond donors (Lipinski definition) is 1. The molecule has 2 rings (SSSR count). The van der Waals surface area contributed by atoms with Crippen LogP contribution in [0.4, 0.5) is 0 Å². The molecular formula is C12H18N2O. The Morgan fingerprint density at radius 1 is 1.53 bits per heavy atom. The minimum Gasteiger partial charge on any atom is -0.351 e. The highest BCUT2D eigenvalue weighted by Gasteiger charge is 2.22. The number of nitrogens with zero attached hydrogens (tertiary/aromatic N) is 1. The summed E-state index contributed by atoms with van der Waals surface area (Å²) in [4.78, 5) is 11.9. The minimum atomic E-state index is 0.211. The summed E-state index contributed by atoms with van der Waals surface area (Å²) < 4.78 is 2.06. The van der Waals surface area contributed by atoms with Crippen LogP contribution in [0.1, 0.15) is 34.6 Å². The molecule has 0 aromatic carbocycles. The summed E-state index contributed by atoms with van der Waals surface area (Å²) in [7, 11) is 2.00. The SMILES string of the molecule is Cc1cc(C(=O)CNC2CC2)c(C)n1C. The first-order valence-electron chi connectivity index (χ1n) is 5.49. The van der Waals surface area contributed by atoms with Crippen molar-refractivity contribution in [2.75, 3.05) is 6.54 Å². The lowest BCUT2D eigenvalue weighted by atomic mass is 10.1. The zero-order chi connectivity index (χ0) is 11.0. The molecule has 0 atom stereocenters. The third kappa shape index (κ3) is 2.12. The van der Waals surface area contributed by atoms with Gasteiger partial charge in [-0.1, -0.05) is 0 Å². The fraction of sp³-hybridized carbons (Fsp3) is 0.583. The standard InChI is InChI=1S/C12H18N2O/c1-8-6-11(9(2)14(8)3)12(15)7-13-10-4-5-10/h6,10,13H,4-5,7H2,1-3H3. The Hall–Kier alpha value is -1.09. The lowest BCUT2D eigenvalue weighted by Crippen LogP contribution is -2.25. The molecule has 15 heavy (non-hydrogen) atoms. The average molecular weight is 206 g/mol. The number of rotatable bonds is 4. The van der Waals surface area contributed by atoms with Crippen LogP contribution in [0.5, 0.6) is 0 Å². The molecular weight excluding hydrogens is 188 g/mol. The van der Waals surface area contributed by atoms with Gasteiger partial charge in [0.2, 0.25) is 0 Å². The quantitative estimate of drug-likeness (QED) is 0.759. The highest BCUT2D eigenvalue weighted by molar-refractivity contribution is 5.99. The second-order valence-electron chi connectivity index (χ2n) is 4.42. The van der Waals surface area contributed by atoms with Gasteiger partial charge in [0.1, 0.15) is 0 Å². The predicted molar refractivity (Wildman–Crippen MR) is 60.2 cm³/mol. The van der Waals surface area contributed by atoms with Gasteiger partial charge >= 0.3 is 0 Å². The zero-order valence-electron chi connectivity index (χ0n) is 9.63. The Labute approximate surface area is 90.5 Å². The summed E-state index contributed by atoms with van der Waals surface area (Å²) in [6.45, 7) is 4.50. The molecule has 0 aliphatic heterocycles. The fourth-order valence-electron chi connectivity index (χ4n) is 1.76. The van der Waals surface area contributed by atoms with Gasteiger partial charge < -0.3 is 9.88 Å². The summed E-state index contributed by atoms with van der Waals surface area (Å²) in [6.07, 6.45) is 2.44. The number of carbonyl (C=O) groups is 1. The van der Waals surface area contributed by atoms with Crippen LogP contribution in [0.2, 0.25) is 0 Å². The molecule has 0 unspecified atom stereocenters. The molecule has 0 bridgehead atoms. The van der Waals surface area contributed by atoms with Gasteiger partial charge in [-0.05, 0) is 32.8 Å². The summed E-state index contributed by atoms with van der Waals surface area (Å²) in [5, 5.41) is 3.25. The molecule has 1 saturated carbocycles. The molecule has 1 aliphatic rings. The average Bonchev–Trinajstić information content (AvgIpc) is 2.99. The van der Waals surface area contributed by atoms with Crippen molar-refractivity contribution < 1.29 is 4.79 Å². The third-order valence-electron chi connectivity index (χ3n) is 3.20. The van der Waals surface area contributed by atoms with Crippen LogP contribution < -0.4 is 5.32 Å². The highest BCUT2D eigenvalue weighted by atomic mass is 16.1. The van der Waals surface area contributed by atoms with E-state index in [4.69, 9.17) is 0 Å². The van der Waals surface area contributed by atoms with E-state index in [1.807, 2.05) is 27.0 Å². The first kappa shape index (κ1) is 10.4. The molecule has 0 radical (unpaired) electrons. The molecule has 1 aromatic heterocycles. The molecule has 3 nitrogen and oxygen atoms in total. The van der Waals surface area contributed by atoms with E-state index in [1.54, 1.807) is 0 Å². The summed E-state index contributed by atoms with van der Waals surface area (Å²) >= 11 is 0. The lowest BCUT2D eigenvalue weighted by molar-refractivity contribution is 0.0990. The van der Waals surface area contributed by atoms with E-state index in [-0.39, 0.29) is 5.78 Å². The van der Waals surface area contributed by atoms with Crippen molar-refractivity contribution in [1.29, 1.82) is 0 Å². The molecule has 82 valence electrons. The van der Waals surface area contributed by atoms with Crippen LogP contribution >= 0.6 is 0 Å². The summed E-state index contributed by atoms with van der Waals surface area (Å²) in [5.41, 5.74) is 3.07. The Bertz CT molecular complexity index is 389. The summed E-state index contributed by atoms with van der Waals surface area (Å²) in [6, 6.07) is 2.57. The van der Waals surface area contributed by atoms with E-state index < -0.39 is 0 Å². The van der Waals surface area contributed by atoms with E-state index in [1.165, 1.54) is 12.8 Å². The zero-order valence-corrected chi connectivity index (χ0v) is 9.63. The monoisotopic (exact) mass is 206 g/mol. The van der Waals surface area contributed by atoms with E-state index in [9.17, 15) is 4.79 Å². The van der Waals surface area contributed by atoms with Gasteiger partial charge in [-0.25, -0.2) is 0 Å². The molecule has 1 fully saturated rings. The topological polar surface area (TPSA) is 34.0 Å². The van der Waals surface area contributed by atoms with E-state index in [0.717, 1.165) is 17.0 Å².